The number of carbonyl (C=O) groups excluding carboxylic acids is 2. The first-order chi connectivity index (χ1) is 3.66. The van der Waals surface area contributed by atoms with Gasteiger partial charge >= 0.3 is 0 Å². The molecule has 0 saturated carbocycles. The van der Waals surface area contributed by atoms with Gasteiger partial charge in [-0.1, -0.05) is 0 Å². The standard InChI is InChI=1S/C5H8O3.H2O/c1-4(7)2-5(8)3-6;/h6H,2-3H2,1H3;1H2. The van der Waals surface area contributed by atoms with Gasteiger partial charge in [-0.05, 0) is 6.92 Å². The van der Waals surface area contributed by atoms with Crippen molar-refractivity contribution in [1.82, 2.24) is 0 Å². The van der Waals surface area contributed by atoms with E-state index < -0.39 is 12.4 Å². The molecular formula is C5H10O4. The predicted molar refractivity (Wildman–Crippen MR) is 31.0 cm³/mol. The van der Waals surface area contributed by atoms with Crippen LogP contribution < -0.4 is 0 Å². The van der Waals surface area contributed by atoms with Gasteiger partial charge in [-0.2, -0.15) is 0 Å². The topological polar surface area (TPSA) is 85.9 Å². The van der Waals surface area contributed by atoms with Gasteiger partial charge < -0.3 is 10.6 Å². The molecular weight excluding hydrogens is 124 g/mol. The van der Waals surface area contributed by atoms with Crippen molar-refractivity contribution in [2.75, 3.05) is 6.61 Å². The third kappa shape index (κ3) is 7.26. The summed E-state index contributed by atoms with van der Waals surface area (Å²) in [5, 5.41) is 8.08. The van der Waals surface area contributed by atoms with Crippen molar-refractivity contribution < 1.29 is 20.2 Å². The van der Waals surface area contributed by atoms with Crippen LogP contribution in [0.25, 0.3) is 0 Å². The normalized spacial score (nSPS) is 7.78. The molecule has 0 amide bonds. The van der Waals surface area contributed by atoms with Crippen LogP contribution in [0.3, 0.4) is 0 Å². The molecule has 3 N–H and O–H groups in total. The number of rotatable bonds is 3. The Balaban J connectivity index is 0. The summed E-state index contributed by atoms with van der Waals surface area (Å²) in [4.78, 5) is 20.2. The molecule has 0 unspecified atom stereocenters. The van der Waals surface area contributed by atoms with Crippen molar-refractivity contribution >= 4 is 11.6 Å². The Hall–Kier alpha value is -0.740. The Morgan fingerprint density at radius 2 is 1.89 bits per heavy atom. The van der Waals surface area contributed by atoms with E-state index in [1.54, 1.807) is 0 Å². The number of hydrogen-bond acceptors (Lipinski definition) is 3. The van der Waals surface area contributed by atoms with Crippen LogP contribution >= 0.6 is 0 Å². The fourth-order valence-corrected chi connectivity index (χ4v) is 0.334. The summed E-state index contributed by atoms with van der Waals surface area (Å²) in [6.45, 7) is 0.785. The smallest absolute Gasteiger partial charge is 0.165 e. The number of aliphatic hydroxyl groups excluding tert-OH is 1. The quantitative estimate of drug-likeness (QED) is 0.487. The first-order valence-electron chi connectivity index (χ1n) is 2.29. The zero-order valence-electron chi connectivity index (χ0n) is 5.18. The second kappa shape index (κ2) is 5.40. The van der Waals surface area contributed by atoms with Crippen LogP contribution in [-0.2, 0) is 9.59 Å². The molecule has 0 spiro atoms. The van der Waals surface area contributed by atoms with E-state index in [1.807, 2.05) is 0 Å². The Kier molecular flexibility index (Phi) is 6.66. The van der Waals surface area contributed by atoms with E-state index in [-0.39, 0.29) is 17.7 Å². The van der Waals surface area contributed by atoms with Gasteiger partial charge in [-0.15, -0.1) is 0 Å². The summed E-state index contributed by atoms with van der Waals surface area (Å²) in [6, 6.07) is 0. The van der Waals surface area contributed by atoms with Crippen LogP contribution in [0, 0.1) is 0 Å². The molecule has 0 aliphatic carbocycles. The maximum absolute atomic E-state index is 10.2. The molecule has 0 aromatic rings. The molecule has 0 heterocycles. The van der Waals surface area contributed by atoms with Gasteiger partial charge in [0.25, 0.3) is 0 Å². The number of ketones is 2. The molecule has 0 rings (SSSR count). The lowest BCUT2D eigenvalue weighted by Crippen LogP contribution is -2.07. The average molecular weight is 134 g/mol. The molecule has 4 heteroatoms. The molecule has 0 bridgehead atoms. The number of Topliss-reactive ketones (excluding diaryl/α,β-unsaturated/α-hetero) is 2. The number of aliphatic hydroxyl groups is 1. The Morgan fingerprint density at radius 3 is 2.00 bits per heavy atom. The number of carbonyl (C=O) groups is 2. The van der Waals surface area contributed by atoms with Crippen molar-refractivity contribution in [3.63, 3.8) is 0 Å². The van der Waals surface area contributed by atoms with Crippen molar-refractivity contribution in [3.8, 4) is 0 Å². The summed E-state index contributed by atoms with van der Waals surface area (Å²) >= 11 is 0. The van der Waals surface area contributed by atoms with Gasteiger partial charge in [0.1, 0.15) is 12.4 Å². The van der Waals surface area contributed by atoms with E-state index >= 15 is 0 Å². The van der Waals surface area contributed by atoms with E-state index in [2.05, 4.69) is 0 Å². The van der Waals surface area contributed by atoms with E-state index in [9.17, 15) is 9.59 Å². The first-order valence-corrected chi connectivity index (χ1v) is 2.29. The zero-order chi connectivity index (χ0) is 6.57. The largest absolute Gasteiger partial charge is 0.412 e. The summed E-state index contributed by atoms with van der Waals surface area (Å²) in [7, 11) is 0. The molecule has 0 aliphatic rings. The van der Waals surface area contributed by atoms with Crippen LogP contribution in [0.2, 0.25) is 0 Å². The predicted octanol–water partition coefficient (Wildman–Crippen LogP) is -1.30. The van der Waals surface area contributed by atoms with Gasteiger partial charge in [0.2, 0.25) is 0 Å². The minimum Gasteiger partial charge on any atom is -0.412 e. The van der Waals surface area contributed by atoms with Crippen molar-refractivity contribution in [1.29, 1.82) is 0 Å². The lowest BCUT2D eigenvalue weighted by molar-refractivity contribution is -0.127. The Bertz CT molecular complexity index is 108. The van der Waals surface area contributed by atoms with E-state index in [0.717, 1.165) is 0 Å². The zero-order valence-corrected chi connectivity index (χ0v) is 5.18. The minimum atomic E-state index is -0.528. The molecule has 0 atom stereocenters. The van der Waals surface area contributed by atoms with E-state index in [1.165, 1.54) is 6.92 Å². The second-order valence-electron chi connectivity index (χ2n) is 1.58. The van der Waals surface area contributed by atoms with Crippen LogP contribution in [-0.4, -0.2) is 28.8 Å². The third-order valence-electron chi connectivity index (χ3n) is 0.622. The average Bonchev–Trinajstić information content (AvgIpc) is 1.65. The molecule has 0 saturated heterocycles. The highest BCUT2D eigenvalue weighted by Crippen LogP contribution is 1.81. The van der Waals surface area contributed by atoms with Crippen LogP contribution in [0.1, 0.15) is 13.3 Å². The molecule has 0 aromatic heterocycles. The van der Waals surface area contributed by atoms with Gasteiger partial charge in [0, 0.05) is 0 Å². The van der Waals surface area contributed by atoms with Crippen molar-refractivity contribution in [2.24, 2.45) is 0 Å². The van der Waals surface area contributed by atoms with Gasteiger partial charge in [0.15, 0.2) is 5.78 Å². The highest BCUT2D eigenvalue weighted by molar-refractivity contribution is 5.98. The van der Waals surface area contributed by atoms with Gasteiger partial charge in [0.05, 0.1) is 6.42 Å². The monoisotopic (exact) mass is 134 g/mol. The maximum atomic E-state index is 10.2. The molecule has 54 valence electrons. The summed E-state index contributed by atoms with van der Waals surface area (Å²) in [5.74, 6) is -0.624. The van der Waals surface area contributed by atoms with Gasteiger partial charge in [-0.3, -0.25) is 9.59 Å². The summed E-state index contributed by atoms with van der Waals surface area (Å²) < 4.78 is 0. The summed E-state index contributed by atoms with van der Waals surface area (Å²) in [5.41, 5.74) is 0. The Labute approximate surface area is 52.8 Å². The molecule has 0 aromatic carbocycles. The molecule has 4 nitrogen and oxygen atoms in total. The van der Waals surface area contributed by atoms with Crippen LogP contribution in [0.4, 0.5) is 0 Å². The second-order valence-corrected chi connectivity index (χ2v) is 1.58. The SMILES string of the molecule is CC(=O)CC(=O)CO.O. The van der Waals surface area contributed by atoms with Crippen molar-refractivity contribution in [2.45, 2.75) is 13.3 Å². The fraction of sp³-hybridized carbons (Fsp3) is 0.600. The Morgan fingerprint density at radius 1 is 1.44 bits per heavy atom. The van der Waals surface area contributed by atoms with Crippen LogP contribution in [0.15, 0.2) is 0 Å². The highest BCUT2D eigenvalue weighted by Gasteiger charge is 2.00. The molecule has 9 heavy (non-hydrogen) atoms. The first kappa shape index (κ1) is 11.1. The maximum Gasteiger partial charge on any atom is 0.165 e. The lowest BCUT2D eigenvalue weighted by Gasteiger charge is -1.87. The molecule has 0 radical (unpaired) electrons. The summed E-state index contributed by atoms with van der Waals surface area (Å²) in [6.07, 6.45) is -0.142. The van der Waals surface area contributed by atoms with Crippen molar-refractivity contribution in [3.05, 3.63) is 0 Å². The fourth-order valence-electron chi connectivity index (χ4n) is 0.334. The number of hydrogen-bond donors (Lipinski definition) is 1. The molecule has 0 fully saturated rings. The van der Waals surface area contributed by atoms with E-state index in [0.29, 0.717) is 0 Å². The van der Waals surface area contributed by atoms with Crippen LogP contribution in [0.5, 0.6) is 0 Å². The third-order valence-corrected chi connectivity index (χ3v) is 0.622. The lowest BCUT2D eigenvalue weighted by atomic mass is 10.2. The highest BCUT2D eigenvalue weighted by atomic mass is 16.3. The minimum absolute atomic E-state index is 0. The van der Waals surface area contributed by atoms with Gasteiger partial charge in [-0.25, -0.2) is 0 Å². The molecule has 0 aliphatic heterocycles. The van der Waals surface area contributed by atoms with E-state index in [4.69, 9.17) is 5.11 Å².